The van der Waals surface area contributed by atoms with Crippen molar-refractivity contribution in [1.82, 2.24) is 0 Å². The number of aliphatic hydroxyl groups excluding tert-OH is 1. The van der Waals surface area contributed by atoms with Gasteiger partial charge in [-0.25, -0.2) is 4.79 Å². The number of hydrogen-bond acceptors (Lipinski definition) is 2. The zero-order chi connectivity index (χ0) is 17.6. The van der Waals surface area contributed by atoms with Crippen molar-refractivity contribution in [2.24, 2.45) is 5.41 Å². The highest BCUT2D eigenvalue weighted by Crippen LogP contribution is 2.40. The molecule has 0 spiro atoms. The summed E-state index contributed by atoms with van der Waals surface area (Å²) in [6, 6.07) is 0. The lowest BCUT2D eigenvalue weighted by Crippen LogP contribution is -2.28. The van der Waals surface area contributed by atoms with E-state index in [-0.39, 0.29) is 11.5 Å². The molecule has 1 aliphatic rings. The molecule has 3 nitrogen and oxygen atoms in total. The lowest BCUT2D eigenvalue weighted by Gasteiger charge is -2.35. The summed E-state index contributed by atoms with van der Waals surface area (Å²) < 4.78 is 0. The zero-order valence-electron chi connectivity index (χ0n) is 14.8. The predicted molar refractivity (Wildman–Crippen MR) is 95.2 cm³/mol. The number of carboxylic acid groups (broad SMARTS) is 1. The molecule has 0 aromatic rings. The molecule has 1 rings (SSSR count). The standard InChI is InChI=1S/C20H28O3/c1-14(7-6-8-15(2)11-19(22)23)9-10-18-16(3)12-17(21)13-20(18,4)5/h6-11,17,21H,12-13H2,1-5H3,(H,22,23)/t17-/m0/s1. The van der Waals surface area contributed by atoms with Crippen LogP contribution in [-0.4, -0.2) is 22.3 Å². The van der Waals surface area contributed by atoms with Crippen molar-refractivity contribution in [3.63, 3.8) is 0 Å². The molecule has 1 atom stereocenters. The molecule has 0 amide bonds. The SMILES string of the molecule is CC(C=CC1=C(C)C[C@H](O)CC1(C)C)=CC=CC(C)=CC(=O)O. The van der Waals surface area contributed by atoms with Crippen molar-refractivity contribution >= 4 is 5.97 Å². The van der Waals surface area contributed by atoms with Crippen LogP contribution in [0.3, 0.4) is 0 Å². The van der Waals surface area contributed by atoms with Gasteiger partial charge in [-0.15, -0.1) is 0 Å². The predicted octanol–water partition coefficient (Wildman–Crippen LogP) is 4.57. The first-order chi connectivity index (χ1) is 10.6. The molecule has 0 bridgehead atoms. The molecule has 0 aromatic carbocycles. The monoisotopic (exact) mass is 316 g/mol. The normalized spacial score (nSPS) is 23.1. The summed E-state index contributed by atoms with van der Waals surface area (Å²) in [5.41, 5.74) is 4.31. The Balaban J connectivity index is 2.84. The fraction of sp³-hybridized carbons (Fsp3) is 0.450. The lowest BCUT2D eigenvalue weighted by atomic mass is 9.71. The van der Waals surface area contributed by atoms with E-state index >= 15 is 0 Å². The largest absolute Gasteiger partial charge is 0.478 e. The molecule has 1 aliphatic carbocycles. The Hall–Kier alpha value is -1.87. The van der Waals surface area contributed by atoms with Crippen LogP contribution < -0.4 is 0 Å². The van der Waals surface area contributed by atoms with E-state index in [1.807, 2.05) is 19.1 Å². The maximum Gasteiger partial charge on any atom is 0.328 e. The Morgan fingerprint density at radius 2 is 1.87 bits per heavy atom. The molecule has 126 valence electrons. The fourth-order valence-electron chi connectivity index (χ4n) is 3.04. The van der Waals surface area contributed by atoms with Gasteiger partial charge in [-0.3, -0.25) is 0 Å². The van der Waals surface area contributed by atoms with Gasteiger partial charge in [0.1, 0.15) is 0 Å². The minimum atomic E-state index is -0.933. The Morgan fingerprint density at radius 1 is 1.22 bits per heavy atom. The Morgan fingerprint density at radius 3 is 2.43 bits per heavy atom. The molecule has 0 fully saturated rings. The molecular weight excluding hydrogens is 288 g/mol. The summed E-state index contributed by atoms with van der Waals surface area (Å²) in [7, 11) is 0. The van der Waals surface area contributed by atoms with Crippen molar-refractivity contribution in [3.8, 4) is 0 Å². The number of carboxylic acids is 1. The first kappa shape index (κ1) is 19.2. The van der Waals surface area contributed by atoms with E-state index < -0.39 is 5.97 Å². The molecular formula is C20H28O3. The summed E-state index contributed by atoms with van der Waals surface area (Å²) in [5, 5.41) is 18.6. The third-order valence-electron chi connectivity index (χ3n) is 4.06. The van der Waals surface area contributed by atoms with E-state index in [0.717, 1.165) is 18.4 Å². The van der Waals surface area contributed by atoms with Gasteiger partial charge >= 0.3 is 5.97 Å². The Bertz CT molecular complexity index is 598. The molecule has 3 heteroatoms. The van der Waals surface area contributed by atoms with Crippen molar-refractivity contribution in [2.75, 3.05) is 0 Å². The number of allylic oxidation sites excluding steroid dienone is 8. The van der Waals surface area contributed by atoms with Crippen molar-refractivity contribution in [2.45, 2.75) is 53.6 Å². The average molecular weight is 316 g/mol. The maximum atomic E-state index is 10.5. The second-order valence-electron chi connectivity index (χ2n) is 6.97. The van der Waals surface area contributed by atoms with Crippen LogP contribution in [-0.2, 0) is 4.79 Å². The fourth-order valence-corrected chi connectivity index (χ4v) is 3.04. The van der Waals surface area contributed by atoms with Crippen LogP contribution in [0.2, 0.25) is 0 Å². The first-order valence-electron chi connectivity index (χ1n) is 7.94. The maximum absolute atomic E-state index is 10.5. The summed E-state index contributed by atoms with van der Waals surface area (Å²) >= 11 is 0. The van der Waals surface area contributed by atoms with Crippen LogP contribution >= 0.6 is 0 Å². The molecule has 0 heterocycles. The van der Waals surface area contributed by atoms with Crippen molar-refractivity contribution < 1.29 is 15.0 Å². The Kier molecular flexibility index (Phi) is 6.77. The second-order valence-corrected chi connectivity index (χ2v) is 6.97. The van der Waals surface area contributed by atoms with E-state index in [0.29, 0.717) is 5.57 Å². The van der Waals surface area contributed by atoms with Gasteiger partial charge in [0.2, 0.25) is 0 Å². The zero-order valence-corrected chi connectivity index (χ0v) is 14.8. The minimum Gasteiger partial charge on any atom is -0.478 e. The number of aliphatic hydroxyl groups is 1. The van der Waals surface area contributed by atoms with Crippen LogP contribution in [0.5, 0.6) is 0 Å². The molecule has 23 heavy (non-hydrogen) atoms. The number of carbonyl (C=O) groups is 1. The number of aliphatic carboxylic acids is 1. The number of hydrogen-bond donors (Lipinski definition) is 2. The molecule has 0 saturated heterocycles. The third kappa shape index (κ3) is 6.41. The van der Waals surface area contributed by atoms with Crippen LogP contribution in [0.1, 0.15) is 47.5 Å². The Labute approximate surface area is 139 Å². The van der Waals surface area contributed by atoms with Gasteiger partial charge in [-0.1, -0.05) is 55.4 Å². The van der Waals surface area contributed by atoms with Crippen LogP contribution in [0, 0.1) is 5.41 Å². The first-order valence-corrected chi connectivity index (χ1v) is 7.94. The summed E-state index contributed by atoms with van der Waals surface area (Å²) in [6.07, 6.45) is 12.2. The highest BCUT2D eigenvalue weighted by molar-refractivity contribution is 5.81. The topological polar surface area (TPSA) is 57.5 Å². The molecule has 0 saturated carbocycles. The van der Waals surface area contributed by atoms with E-state index in [4.69, 9.17) is 5.11 Å². The van der Waals surface area contributed by atoms with E-state index in [2.05, 4.69) is 32.9 Å². The smallest absolute Gasteiger partial charge is 0.328 e. The van der Waals surface area contributed by atoms with E-state index in [9.17, 15) is 9.90 Å². The molecule has 2 N–H and O–H groups in total. The molecule has 0 radical (unpaired) electrons. The van der Waals surface area contributed by atoms with Crippen molar-refractivity contribution in [3.05, 3.63) is 58.7 Å². The molecule has 0 unspecified atom stereocenters. The van der Waals surface area contributed by atoms with E-state index in [1.165, 1.54) is 17.2 Å². The number of rotatable bonds is 5. The van der Waals surface area contributed by atoms with Gasteiger partial charge in [-0.2, -0.15) is 0 Å². The van der Waals surface area contributed by atoms with Crippen molar-refractivity contribution in [1.29, 1.82) is 0 Å². The quantitative estimate of drug-likeness (QED) is 0.577. The van der Waals surface area contributed by atoms with Crippen LogP contribution in [0.15, 0.2) is 58.7 Å². The van der Waals surface area contributed by atoms with Gasteiger partial charge in [0.15, 0.2) is 0 Å². The highest BCUT2D eigenvalue weighted by Gasteiger charge is 2.31. The minimum absolute atomic E-state index is 0.0187. The summed E-state index contributed by atoms with van der Waals surface area (Å²) in [4.78, 5) is 10.5. The average Bonchev–Trinajstić information content (AvgIpc) is 2.35. The van der Waals surface area contributed by atoms with Crippen LogP contribution in [0.4, 0.5) is 0 Å². The van der Waals surface area contributed by atoms with E-state index in [1.54, 1.807) is 13.0 Å². The molecule has 0 aliphatic heterocycles. The van der Waals surface area contributed by atoms with Gasteiger partial charge in [0.05, 0.1) is 6.10 Å². The van der Waals surface area contributed by atoms with Gasteiger partial charge in [-0.05, 0) is 50.2 Å². The second kappa shape index (κ2) is 8.11. The lowest BCUT2D eigenvalue weighted by molar-refractivity contribution is -0.131. The highest BCUT2D eigenvalue weighted by atomic mass is 16.4. The van der Waals surface area contributed by atoms with Gasteiger partial charge < -0.3 is 10.2 Å². The third-order valence-corrected chi connectivity index (χ3v) is 4.06. The molecule has 0 aromatic heterocycles. The summed E-state index contributed by atoms with van der Waals surface area (Å²) in [5.74, 6) is -0.933. The van der Waals surface area contributed by atoms with Gasteiger partial charge in [0, 0.05) is 6.08 Å². The van der Waals surface area contributed by atoms with Gasteiger partial charge in [0.25, 0.3) is 0 Å². The summed E-state index contributed by atoms with van der Waals surface area (Å²) in [6.45, 7) is 10.2. The van der Waals surface area contributed by atoms with Crippen LogP contribution in [0.25, 0.3) is 0 Å².